The van der Waals surface area contributed by atoms with E-state index < -0.39 is 20.0 Å². The molecule has 10 heteroatoms. The normalized spacial score (nSPS) is 17.9. The van der Waals surface area contributed by atoms with Gasteiger partial charge in [0.05, 0.1) is 4.90 Å². The second kappa shape index (κ2) is 6.85. The maximum Gasteiger partial charge on any atom is 0.252 e. The standard InChI is InChI=1S/C14H15BrN2O4S3/c15-12-3-5-13(6-4-12)23(18,19)16-7-9-17(10-8-16)24(20,21)14-2-1-11-22-14/h1-6,11H,7-10H2. The lowest BCUT2D eigenvalue weighted by molar-refractivity contribution is 0.273. The number of hydrogen-bond donors (Lipinski definition) is 0. The molecular formula is C14H15BrN2O4S3. The summed E-state index contributed by atoms with van der Waals surface area (Å²) in [5, 5.41) is 1.71. The highest BCUT2D eigenvalue weighted by molar-refractivity contribution is 9.10. The topological polar surface area (TPSA) is 74.8 Å². The Hall–Kier alpha value is -0.780. The first-order valence-electron chi connectivity index (χ1n) is 7.11. The molecular weight excluding hydrogens is 436 g/mol. The molecule has 2 heterocycles. The van der Waals surface area contributed by atoms with Gasteiger partial charge in [0, 0.05) is 30.7 Å². The Morgan fingerprint density at radius 1 is 0.833 bits per heavy atom. The Balaban J connectivity index is 1.74. The number of sulfonamides is 2. The van der Waals surface area contributed by atoms with Gasteiger partial charge in [0.2, 0.25) is 10.0 Å². The summed E-state index contributed by atoms with van der Waals surface area (Å²) in [6.07, 6.45) is 0. The fourth-order valence-electron chi connectivity index (χ4n) is 2.44. The Bertz CT molecular complexity index is 901. The van der Waals surface area contributed by atoms with Gasteiger partial charge in [0.15, 0.2) is 0 Å². The molecule has 24 heavy (non-hydrogen) atoms. The van der Waals surface area contributed by atoms with Crippen molar-refractivity contribution in [3.63, 3.8) is 0 Å². The van der Waals surface area contributed by atoms with Crippen LogP contribution < -0.4 is 0 Å². The number of thiophene rings is 1. The molecule has 6 nitrogen and oxygen atoms in total. The van der Waals surface area contributed by atoms with E-state index in [4.69, 9.17) is 0 Å². The molecule has 1 aliphatic rings. The second-order valence-electron chi connectivity index (χ2n) is 5.19. The molecule has 1 aromatic heterocycles. The van der Waals surface area contributed by atoms with Crippen LogP contribution in [0.2, 0.25) is 0 Å². The van der Waals surface area contributed by atoms with Gasteiger partial charge in [0.25, 0.3) is 10.0 Å². The summed E-state index contributed by atoms with van der Waals surface area (Å²) < 4.78 is 54.0. The summed E-state index contributed by atoms with van der Waals surface area (Å²) in [7, 11) is -7.14. The largest absolute Gasteiger partial charge is 0.252 e. The Morgan fingerprint density at radius 3 is 1.88 bits per heavy atom. The van der Waals surface area contributed by atoms with Gasteiger partial charge in [-0.05, 0) is 35.7 Å². The summed E-state index contributed by atoms with van der Waals surface area (Å²) in [4.78, 5) is 0.209. The quantitative estimate of drug-likeness (QED) is 0.715. The van der Waals surface area contributed by atoms with Gasteiger partial charge < -0.3 is 0 Å². The molecule has 0 radical (unpaired) electrons. The predicted molar refractivity (Wildman–Crippen MR) is 96.0 cm³/mol. The Kier molecular flexibility index (Phi) is 5.14. The average Bonchev–Trinajstić information content (AvgIpc) is 3.11. The number of benzene rings is 1. The Morgan fingerprint density at radius 2 is 1.38 bits per heavy atom. The van der Waals surface area contributed by atoms with E-state index in [1.807, 2.05) is 0 Å². The summed E-state index contributed by atoms with van der Waals surface area (Å²) in [5.41, 5.74) is 0. The van der Waals surface area contributed by atoms with Crippen molar-refractivity contribution in [1.29, 1.82) is 0 Å². The van der Waals surface area contributed by atoms with Gasteiger partial charge in [-0.1, -0.05) is 22.0 Å². The van der Waals surface area contributed by atoms with Gasteiger partial charge in [-0.15, -0.1) is 11.3 Å². The van der Waals surface area contributed by atoms with Crippen LogP contribution in [0.25, 0.3) is 0 Å². The lowest BCUT2D eigenvalue weighted by Crippen LogP contribution is -2.50. The third kappa shape index (κ3) is 3.44. The molecule has 1 saturated heterocycles. The molecule has 1 fully saturated rings. The van der Waals surface area contributed by atoms with Gasteiger partial charge >= 0.3 is 0 Å². The van der Waals surface area contributed by atoms with Crippen LogP contribution in [0.3, 0.4) is 0 Å². The predicted octanol–water partition coefficient (Wildman–Crippen LogP) is 2.21. The van der Waals surface area contributed by atoms with Crippen molar-refractivity contribution in [3.8, 4) is 0 Å². The van der Waals surface area contributed by atoms with E-state index in [2.05, 4.69) is 15.9 Å². The number of piperazine rings is 1. The van der Waals surface area contributed by atoms with Crippen LogP contribution in [0.5, 0.6) is 0 Å². The third-order valence-corrected chi connectivity index (χ3v) is 9.45. The van der Waals surface area contributed by atoms with Crippen molar-refractivity contribution in [2.45, 2.75) is 9.10 Å². The highest BCUT2D eigenvalue weighted by Gasteiger charge is 2.34. The van der Waals surface area contributed by atoms with Crippen molar-refractivity contribution < 1.29 is 16.8 Å². The van der Waals surface area contributed by atoms with Crippen molar-refractivity contribution in [2.24, 2.45) is 0 Å². The van der Waals surface area contributed by atoms with Crippen LogP contribution in [0.15, 0.2) is 55.4 Å². The fourth-order valence-corrected chi connectivity index (χ4v) is 6.70. The summed E-state index contributed by atoms with van der Waals surface area (Å²) in [5.74, 6) is 0. The SMILES string of the molecule is O=S(=O)(c1ccc(Br)cc1)N1CCN(S(=O)(=O)c2cccs2)CC1. The first-order chi connectivity index (χ1) is 11.3. The second-order valence-corrected chi connectivity index (χ2v) is 11.2. The number of rotatable bonds is 4. The molecule has 0 spiro atoms. The van der Waals surface area contributed by atoms with Crippen LogP contribution in [0, 0.1) is 0 Å². The molecule has 0 N–H and O–H groups in total. The van der Waals surface area contributed by atoms with Gasteiger partial charge in [-0.3, -0.25) is 0 Å². The van der Waals surface area contributed by atoms with Crippen molar-refractivity contribution >= 4 is 47.3 Å². The molecule has 0 aliphatic carbocycles. The van der Waals surface area contributed by atoms with E-state index in [1.165, 1.54) is 20.7 Å². The summed E-state index contributed by atoms with van der Waals surface area (Å²) in [6.45, 7) is 0.581. The maximum absolute atomic E-state index is 12.6. The number of hydrogen-bond acceptors (Lipinski definition) is 5. The molecule has 0 unspecified atom stereocenters. The van der Waals surface area contributed by atoms with E-state index in [-0.39, 0.29) is 35.3 Å². The smallest absolute Gasteiger partial charge is 0.207 e. The Labute approximate surface area is 153 Å². The van der Waals surface area contributed by atoms with Crippen LogP contribution in [-0.2, 0) is 20.0 Å². The lowest BCUT2D eigenvalue weighted by atomic mass is 10.4. The number of nitrogens with zero attached hydrogens (tertiary/aromatic N) is 2. The van der Waals surface area contributed by atoms with Crippen LogP contribution in [0.1, 0.15) is 0 Å². The minimum absolute atomic E-state index is 0.142. The molecule has 2 aromatic rings. The monoisotopic (exact) mass is 450 g/mol. The van der Waals surface area contributed by atoms with Gasteiger partial charge in [-0.25, -0.2) is 16.8 Å². The van der Waals surface area contributed by atoms with Gasteiger partial charge in [0.1, 0.15) is 4.21 Å². The molecule has 0 bridgehead atoms. The van der Waals surface area contributed by atoms with Crippen molar-refractivity contribution in [1.82, 2.24) is 8.61 Å². The molecule has 1 aromatic carbocycles. The van der Waals surface area contributed by atoms with E-state index in [1.54, 1.807) is 29.6 Å². The zero-order valence-electron chi connectivity index (χ0n) is 12.5. The first-order valence-corrected chi connectivity index (χ1v) is 11.7. The molecule has 0 atom stereocenters. The maximum atomic E-state index is 12.6. The van der Waals surface area contributed by atoms with E-state index >= 15 is 0 Å². The molecule has 130 valence electrons. The van der Waals surface area contributed by atoms with Crippen LogP contribution >= 0.6 is 27.3 Å². The van der Waals surface area contributed by atoms with Gasteiger partial charge in [-0.2, -0.15) is 8.61 Å². The highest BCUT2D eigenvalue weighted by atomic mass is 79.9. The van der Waals surface area contributed by atoms with Crippen molar-refractivity contribution in [2.75, 3.05) is 26.2 Å². The molecule has 1 aliphatic heterocycles. The molecule has 3 rings (SSSR count). The summed E-state index contributed by atoms with van der Waals surface area (Å²) >= 11 is 4.44. The number of halogens is 1. The van der Waals surface area contributed by atoms with Crippen molar-refractivity contribution in [3.05, 3.63) is 46.3 Å². The zero-order valence-corrected chi connectivity index (χ0v) is 16.5. The minimum Gasteiger partial charge on any atom is -0.207 e. The third-order valence-electron chi connectivity index (χ3n) is 3.74. The molecule has 0 amide bonds. The highest BCUT2D eigenvalue weighted by Crippen LogP contribution is 2.24. The van der Waals surface area contributed by atoms with E-state index in [0.29, 0.717) is 0 Å². The van der Waals surface area contributed by atoms with E-state index in [9.17, 15) is 16.8 Å². The van der Waals surface area contributed by atoms with E-state index in [0.717, 1.165) is 15.8 Å². The zero-order chi connectivity index (χ0) is 17.4. The average molecular weight is 451 g/mol. The fraction of sp³-hybridized carbons (Fsp3) is 0.286. The molecule has 0 saturated carbocycles. The lowest BCUT2D eigenvalue weighted by Gasteiger charge is -2.32. The first kappa shape index (κ1) is 18.0. The van der Waals surface area contributed by atoms with Crippen LogP contribution in [0.4, 0.5) is 0 Å². The van der Waals surface area contributed by atoms with Crippen LogP contribution in [-0.4, -0.2) is 51.6 Å². The summed E-state index contributed by atoms with van der Waals surface area (Å²) in [6, 6.07) is 9.66. The minimum atomic E-state index is -3.61.